The molecule has 0 aromatic heterocycles. The van der Waals surface area contributed by atoms with Crippen molar-refractivity contribution in [3.63, 3.8) is 0 Å². The summed E-state index contributed by atoms with van der Waals surface area (Å²) in [5.74, 6) is -0.910. The fourth-order valence-electron chi connectivity index (χ4n) is 3.46. The Morgan fingerprint density at radius 2 is 1.04 bits per heavy atom. The Hall–Kier alpha value is -1.72. The largest absolute Gasteiger partial charge is 0.383 e. The Morgan fingerprint density at radius 1 is 0.720 bits per heavy atom. The summed E-state index contributed by atoms with van der Waals surface area (Å²) in [4.78, 5) is 0. The lowest BCUT2D eigenvalue weighted by Gasteiger charge is -2.38. The van der Waals surface area contributed by atoms with E-state index in [9.17, 15) is 10.2 Å². The van der Waals surface area contributed by atoms with Crippen molar-refractivity contribution < 1.29 is 19.7 Å². The first kappa shape index (κ1) is 18.1. The molecule has 2 aromatic rings. The molecule has 0 saturated carbocycles. The molecular weight excluding hydrogens is 316 g/mol. The number of hydrogen-bond donors (Lipinski definition) is 2. The van der Waals surface area contributed by atoms with Crippen molar-refractivity contribution in [3.8, 4) is 0 Å². The highest BCUT2D eigenvalue weighted by atomic mass is 16.8. The van der Waals surface area contributed by atoms with Gasteiger partial charge in [-0.3, -0.25) is 0 Å². The minimum Gasteiger partial charge on any atom is -0.383 e. The molecule has 0 bridgehead atoms. The van der Waals surface area contributed by atoms with Crippen molar-refractivity contribution in [2.75, 3.05) is 0 Å². The van der Waals surface area contributed by atoms with Crippen LogP contribution in [0.25, 0.3) is 0 Å². The van der Waals surface area contributed by atoms with Crippen LogP contribution in [0.5, 0.6) is 0 Å². The smallest absolute Gasteiger partial charge is 0.164 e. The van der Waals surface area contributed by atoms with Gasteiger partial charge in [0.05, 0.1) is 0 Å². The predicted octanol–water partition coefficient (Wildman–Crippen LogP) is 3.32. The molecule has 0 spiro atoms. The summed E-state index contributed by atoms with van der Waals surface area (Å²) in [7, 11) is 0. The number of rotatable bonds is 4. The maximum absolute atomic E-state index is 11.3. The maximum Gasteiger partial charge on any atom is 0.164 e. The lowest BCUT2D eigenvalue weighted by Crippen LogP contribution is -2.51. The average molecular weight is 342 g/mol. The molecule has 0 radical (unpaired) electrons. The van der Waals surface area contributed by atoms with Crippen LogP contribution in [-0.2, 0) is 20.7 Å². The minimum absolute atomic E-state index is 0.718. The van der Waals surface area contributed by atoms with E-state index in [-0.39, 0.29) is 0 Å². The zero-order valence-corrected chi connectivity index (χ0v) is 15.1. The first-order valence-electron chi connectivity index (χ1n) is 8.56. The zero-order valence-electron chi connectivity index (χ0n) is 15.1. The van der Waals surface area contributed by atoms with E-state index in [0.717, 1.165) is 11.1 Å². The van der Waals surface area contributed by atoms with Crippen molar-refractivity contribution in [2.45, 2.75) is 56.9 Å². The van der Waals surface area contributed by atoms with E-state index in [2.05, 4.69) is 0 Å². The van der Waals surface area contributed by atoms with Crippen LogP contribution in [0.4, 0.5) is 0 Å². The van der Waals surface area contributed by atoms with E-state index in [1.807, 2.05) is 60.7 Å². The second-order valence-corrected chi connectivity index (χ2v) is 7.50. The second kappa shape index (κ2) is 6.22. The normalized spacial score (nSPS) is 27.4. The molecule has 3 rings (SSSR count). The van der Waals surface area contributed by atoms with Gasteiger partial charge in [-0.05, 0) is 38.8 Å². The Kier molecular flexibility index (Phi) is 4.50. The third-order valence-corrected chi connectivity index (χ3v) is 4.92. The van der Waals surface area contributed by atoms with E-state index in [0.29, 0.717) is 0 Å². The fourth-order valence-corrected chi connectivity index (χ4v) is 3.46. The van der Waals surface area contributed by atoms with Gasteiger partial charge in [-0.1, -0.05) is 60.7 Å². The highest BCUT2D eigenvalue weighted by Gasteiger charge is 2.57. The minimum atomic E-state index is -1.32. The molecule has 2 aromatic carbocycles. The van der Waals surface area contributed by atoms with E-state index in [4.69, 9.17) is 9.47 Å². The molecule has 4 atom stereocenters. The standard InChI is InChI=1S/C21H26O4/c1-19(2)24-17(20(3,22)15-11-7-5-8-12-15)18(25-19)21(4,23)16-13-9-6-10-14-16/h5-14,17-18,22-23H,1-4H3/t17-,18-,20+,21+/m0/s1. The SMILES string of the molecule is CC1(C)O[C@H]([C@](C)(O)c2ccccc2)[C@@H]([C@](C)(O)c2ccccc2)O1. The molecule has 0 amide bonds. The lowest BCUT2D eigenvalue weighted by molar-refractivity contribution is -0.175. The van der Waals surface area contributed by atoms with Gasteiger partial charge in [-0.25, -0.2) is 0 Å². The molecule has 4 heteroatoms. The van der Waals surface area contributed by atoms with E-state index in [1.54, 1.807) is 27.7 Å². The highest BCUT2D eigenvalue weighted by Crippen LogP contribution is 2.45. The van der Waals surface area contributed by atoms with Gasteiger partial charge in [-0.2, -0.15) is 0 Å². The van der Waals surface area contributed by atoms with E-state index >= 15 is 0 Å². The fraction of sp³-hybridized carbons (Fsp3) is 0.429. The summed E-state index contributed by atoms with van der Waals surface area (Å²) in [5, 5.41) is 22.6. The monoisotopic (exact) mass is 342 g/mol. The molecule has 1 aliphatic rings. The molecule has 1 aliphatic heterocycles. The average Bonchev–Trinajstić information content (AvgIpc) is 2.94. The molecule has 2 N–H and O–H groups in total. The number of ether oxygens (including phenoxy) is 2. The van der Waals surface area contributed by atoms with Gasteiger partial charge in [0.25, 0.3) is 0 Å². The van der Waals surface area contributed by atoms with Crippen molar-refractivity contribution in [2.24, 2.45) is 0 Å². The second-order valence-electron chi connectivity index (χ2n) is 7.50. The van der Waals surface area contributed by atoms with Crippen molar-refractivity contribution in [3.05, 3.63) is 71.8 Å². The van der Waals surface area contributed by atoms with Crippen molar-refractivity contribution >= 4 is 0 Å². The van der Waals surface area contributed by atoms with Crippen LogP contribution in [0, 0.1) is 0 Å². The number of hydrogen-bond acceptors (Lipinski definition) is 4. The van der Waals surface area contributed by atoms with Gasteiger partial charge in [-0.15, -0.1) is 0 Å². The first-order valence-corrected chi connectivity index (χ1v) is 8.56. The Morgan fingerprint density at radius 3 is 1.36 bits per heavy atom. The van der Waals surface area contributed by atoms with Crippen LogP contribution in [-0.4, -0.2) is 28.2 Å². The molecule has 0 aliphatic carbocycles. The third-order valence-electron chi connectivity index (χ3n) is 4.92. The maximum atomic E-state index is 11.3. The van der Waals surface area contributed by atoms with Gasteiger partial charge in [0.15, 0.2) is 5.79 Å². The molecule has 1 saturated heterocycles. The third kappa shape index (κ3) is 3.35. The van der Waals surface area contributed by atoms with Crippen LogP contribution in [0.1, 0.15) is 38.8 Å². The van der Waals surface area contributed by atoms with Crippen LogP contribution in [0.15, 0.2) is 60.7 Å². The molecule has 1 heterocycles. The molecule has 25 heavy (non-hydrogen) atoms. The Bertz CT molecular complexity index is 646. The predicted molar refractivity (Wildman–Crippen MR) is 95.9 cm³/mol. The van der Waals surface area contributed by atoms with Gasteiger partial charge < -0.3 is 19.7 Å². The Balaban J connectivity index is 2.02. The summed E-state index contributed by atoms with van der Waals surface area (Å²) in [5.41, 5.74) is -1.21. The van der Waals surface area contributed by atoms with Crippen molar-refractivity contribution in [1.82, 2.24) is 0 Å². The number of aliphatic hydroxyl groups is 2. The molecule has 134 valence electrons. The van der Waals surface area contributed by atoms with Gasteiger partial charge in [0, 0.05) is 0 Å². The Labute approximate surface area is 149 Å². The summed E-state index contributed by atoms with van der Waals surface area (Å²) in [6, 6.07) is 18.7. The van der Waals surface area contributed by atoms with Crippen LogP contribution in [0.2, 0.25) is 0 Å². The van der Waals surface area contributed by atoms with Gasteiger partial charge in [0.2, 0.25) is 0 Å². The molecule has 1 fully saturated rings. The topological polar surface area (TPSA) is 58.9 Å². The van der Waals surface area contributed by atoms with Gasteiger partial charge in [0.1, 0.15) is 23.4 Å². The van der Waals surface area contributed by atoms with Crippen LogP contribution >= 0.6 is 0 Å². The zero-order chi connectivity index (χ0) is 18.3. The quantitative estimate of drug-likeness (QED) is 0.895. The summed E-state index contributed by atoms with van der Waals surface area (Å²) in [6.07, 6.45) is -1.47. The molecule has 4 nitrogen and oxygen atoms in total. The van der Waals surface area contributed by atoms with Gasteiger partial charge >= 0.3 is 0 Å². The van der Waals surface area contributed by atoms with Crippen LogP contribution in [0.3, 0.4) is 0 Å². The summed E-state index contributed by atoms with van der Waals surface area (Å²) < 4.78 is 12.1. The van der Waals surface area contributed by atoms with Crippen LogP contribution < -0.4 is 0 Å². The summed E-state index contributed by atoms with van der Waals surface area (Å²) in [6.45, 7) is 6.99. The van der Waals surface area contributed by atoms with Crippen molar-refractivity contribution in [1.29, 1.82) is 0 Å². The number of benzene rings is 2. The van der Waals surface area contributed by atoms with E-state index in [1.165, 1.54) is 0 Å². The first-order chi connectivity index (χ1) is 11.6. The summed E-state index contributed by atoms with van der Waals surface area (Å²) >= 11 is 0. The van der Waals surface area contributed by atoms with E-state index < -0.39 is 29.2 Å². The lowest BCUT2D eigenvalue weighted by atomic mass is 9.79. The molecule has 0 unspecified atom stereocenters. The highest BCUT2D eigenvalue weighted by molar-refractivity contribution is 5.28. The molecular formula is C21H26O4.